The summed E-state index contributed by atoms with van der Waals surface area (Å²) < 4.78 is 5.40. The van der Waals surface area contributed by atoms with Gasteiger partial charge in [0.1, 0.15) is 6.61 Å². The van der Waals surface area contributed by atoms with E-state index in [0.717, 1.165) is 57.2 Å². The third kappa shape index (κ3) is 4.54. The van der Waals surface area contributed by atoms with Gasteiger partial charge in [-0.05, 0) is 18.6 Å². The van der Waals surface area contributed by atoms with Crippen molar-refractivity contribution < 1.29 is 14.9 Å². The number of likely N-dealkylation sites (tertiary alicyclic amines) is 1. The summed E-state index contributed by atoms with van der Waals surface area (Å²) in [7, 11) is 0. The molecule has 6 heteroatoms. The normalized spacial score (nSPS) is 26.7. The second-order valence-corrected chi connectivity index (χ2v) is 7.20. The molecule has 0 saturated carbocycles. The molecule has 0 spiro atoms. The summed E-state index contributed by atoms with van der Waals surface area (Å²) >= 11 is 1.66. The van der Waals surface area contributed by atoms with E-state index in [9.17, 15) is 5.11 Å². The lowest BCUT2D eigenvalue weighted by Gasteiger charge is -2.42. The number of thiophene rings is 1. The van der Waals surface area contributed by atoms with E-state index < -0.39 is 0 Å². The number of hydrogen-bond acceptors (Lipinski definition) is 6. The molecule has 2 atom stereocenters. The number of hydrogen-bond donors (Lipinski definition) is 2. The van der Waals surface area contributed by atoms with Crippen LogP contribution in [0.5, 0.6) is 0 Å². The molecule has 2 aliphatic heterocycles. The number of nitrogens with zero attached hydrogens (tertiary/aromatic N) is 2. The number of aliphatic hydroxyl groups excluding tert-OH is 2. The topological polar surface area (TPSA) is 56.2 Å². The van der Waals surface area contributed by atoms with Crippen molar-refractivity contribution in [1.29, 1.82) is 0 Å². The Bertz CT molecular complexity index is 560. The van der Waals surface area contributed by atoms with E-state index >= 15 is 0 Å². The zero-order valence-corrected chi connectivity index (χ0v) is 14.1. The molecule has 0 bridgehead atoms. The first-order chi connectivity index (χ1) is 11.3. The van der Waals surface area contributed by atoms with Crippen molar-refractivity contribution in [1.82, 2.24) is 9.80 Å². The minimum absolute atomic E-state index is 0.103. The van der Waals surface area contributed by atoms with Crippen LogP contribution < -0.4 is 0 Å². The van der Waals surface area contributed by atoms with E-state index in [1.165, 1.54) is 4.88 Å². The third-order valence-electron chi connectivity index (χ3n) is 4.48. The molecular weight excluding hydrogens is 312 g/mol. The fraction of sp³-hybridized carbons (Fsp3) is 0.647. The second-order valence-electron chi connectivity index (χ2n) is 6.03. The standard InChI is InChI=1S/C17H24N2O3S/c20-9-1-2-14-3-4-15(23-14)12-18-6-5-16(17(21)13-18)19-7-10-22-11-8-19/h3-4,16-17,20-21H,5-13H2/t16-,17-/m1/s1. The van der Waals surface area contributed by atoms with Crippen LogP contribution in [-0.2, 0) is 11.3 Å². The lowest BCUT2D eigenvalue weighted by atomic mass is 9.99. The molecule has 5 nitrogen and oxygen atoms in total. The van der Waals surface area contributed by atoms with Gasteiger partial charge in [0.25, 0.3) is 0 Å². The highest BCUT2D eigenvalue weighted by molar-refractivity contribution is 7.12. The number of aliphatic hydroxyl groups is 2. The lowest BCUT2D eigenvalue weighted by molar-refractivity contribution is -0.0532. The number of piperidine rings is 1. The molecule has 0 radical (unpaired) electrons. The van der Waals surface area contributed by atoms with Gasteiger partial charge in [0.2, 0.25) is 0 Å². The van der Waals surface area contributed by atoms with Crippen LogP contribution >= 0.6 is 11.3 Å². The van der Waals surface area contributed by atoms with Crippen molar-refractivity contribution in [2.45, 2.75) is 25.1 Å². The van der Waals surface area contributed by atoms with E-state index in [-0.39, 0.29) is 18.8 Å². The van der Waals surface area contributed by atoms with Crippen LogP contribution in [0.1, 0.15) is 16.2 Å². The maximum absolute atomic E-state index is 10.5. The predicted octanol–water partition coefficient (Wildman–Crippen LogP) is 0.359. The van der Waals surface area contributed by atoms with Crippen molar-refractivity contribution in [3.05, 3.63) is 21.9 Å². The molecule has 2 fully saturated rings. The number of β-amino-alcohol motifs (C(OH)–C–C–N with tert-alkyl or cyclic N) is 1. The van der Waals surface area contributed by atoms with Crippen molar-refractivity contribution in [3.63, 3.8) is 0 Å². The molecule has 23 heavy (non-hydrogen) atoms. The Morgan fingerprint density at radius 2 is 2.09 bits per heavy atom. The van der Waals surface area contributed by atoms with Gasteiger partial charge in [0.15, 0.2) is 0 Å². The molecule has 0 amide bonds. The maximum Gasteiger partial charge on any atom is 0.104 e. The fourth-order valence-corrected chi connectivity index (χ4v) is 4.27. The summed E-state index contributed by atoms with van der Waals surface area (Å²) in [5.41, 5.74) is 0. The van der Waals surface area contributed by atoms with E-state index in [2.05, 4.69) is 27.7 Å². The van der Waals surface area contributed by atoms with Crippen molar-refractivity contribution >= 4 is 11.3 Å². The molecule has 2 aliphatic rings. The lowest BCUT2D eigenvalue weighted by Crippen LogP contribution is -2.56. The van der Waals surface area contributed by atoms with Crippen LogP contribution in [0, 0.1) is 11.8 Å². The second kappa shape index (κ2) is 8.25. The van der Waals surface area contributed by atoms with E-state index in [0.29, 0.717) is 0 Å². The van der Waals surface area contributed by atoms with Crippen molar-refractivity contribution in [2.24, 2.45) is 0 Å². The first-order valence-corrected chi connectivity index (χ1v) is 8.98. The van der Waals surface area contributed by atoms with E-state index in [1.54, 1.807) is 11.3 Å². The quantitative estimate of drug-likeness (QED) is 0.781. The summed E-state index contributed by atoms with van der Waals surface area (Å²) in [6.45, 7) is 5.90. The van der Waals surface area contributed by atoms with Gasteiger partial charge in [-0.25, -0.2) is 0 Å². The number of ether oxygens (including phenoxy) is 1. The largest absolute Gasteiger partial charge is 0.390 e. The van der Waals surface area contributed by atoms with Gasteiger partial charge in [0, 0.05) is 43.6 Å². The van der Waals surface area contributed by atoms with Gasteiger partial charge in [0.05, 0.1) is 24.2 Å². The highest BCUT2D eigenvalue weighted by atomic mass is 32.1. The van der Waals surface area contributed by atoms with Gasteiger partial charge in [-0.2, -0.15) is 0 Å². The molecule has 0 unspecified atom stereocenters. The van der Waals surface area contributed by atoms with Gasteiger partial charge in [-0.3, -0.25) is 9.80 Å². The number of morpholine rings is 1. The summed E-state index contributed by atoms with van der Waals surface area (Å²) in [6.07, 6.45) is 0.708. The summed E-state index contributed by atoms with van der Waals surface area (Å²) in [4.78, 5) is 6.93. The van der Waals surface area contributed by atoms with Crippen LogP contribution in [0.2, 0.25) is 0 Å². The zero-order chi connectivity index (χ0) is 16.1. The molecular formula is C17H24N2O3S. The minimum Gasteiger partial charge on any atom is -0.390 e. The molecule has 0 aromatic carbocycles. The fourth-order valence-electron chi connectivity index (χ4n) is 3.34. The van der Waals surface area contributed by atoms with Crippen molar-refractivity contribution in [3.8, 4) is 11.8 Å². The average Bonchev–Trinajstić information content (AvgIpc) is 3.01. The molecule has 2 N–H and O–H groups in total. The molecule has 126 valence electrons. The monoisotopic (exact) mass is 336 g/mol. The van der Waals surface area contributed by atoms with Gasteiger partial charge in [-0.15, -0.1) is 11.3 Å². The summed E-state index contributed by atoms with van der Waals surface area (Å²) in [6, 6.07) is 4.36. The SMILES string of the molecule is OCC#Cc1ccc(CN2CC[C@@H](N3CCOCC3)[C@H](O)C2)s1. The summed E-state index contributed by atoms with van der Waals surface area (Å²) in [5, 5.41) is 19.3. The summed E-state index contributed by atoms with van der Waals surface area (Å²) in [5.74, 6) is 5.62. The highest BCUT2D eigenvalue weighted by Crippen LogP contribution is 2.22. The van der Waals surface area contributed by atoms with E-state index in [4.69, 9.17) is 9.84 Å². The molecule has 2 saturated heterocycles. The molecule has 3 heterocycles. The minimum atomic E-state index is -0.296. The van der Waals surface area contributed by atoms with Crippen LogP contribution in [0.25, 0.3) is 0 Å². The first-order valence-electron chi connectivity index (χ1n) is 8.17. The van der Waals surface area contributed by atoms with Gasteiger partial charge < -0.3 is 14.9 Å². The average molecular weight is 336 g/mol. The van der Waals surface area contributed by atoms with Crippen LogP contribution in [0.3, 0.4) is 0 Å². The Hall–Kier alpha value is -0.940. The first kappa shape index (κ1) is 16.9. The zero-order valence-electron chi connectivity index (χ0n) is 13.3. The van der Waals surface area contributed by atoms with Crippen molar-refractivity contribution in [2.75, 3.05) is 46.0 Å². The Balaban J connectivity index is 1.52. The molecule has 1 aromatic heterocycles. The third-order valence-corrected chi connectivity index (χ3v) is 5.46. The van der Waals surface area contributed by atoms with Crippen LogP contribution in [-0.4, -0.2) is 78.2 Å². The van der Waals surface area contributed by atoms with Gasteiger partial charge in [-0.1, -0.05) is 11.8 Å². The molecule has 1 aromatic rings. The maximum atomic E-state index is 10.5. The van der Waals surface area contributed by atoms with E-state index in [1.807, 2.05) is 6.07 Å². The highest BCUT2D eigenvalue weighted by Gasteiger charge is 2.32. The smallest absolute Gasteiger partial charge is 0.104 e. The Labute approximate surface area is 141 Å². The van der Waals surface area contributed by atoms with Crippen LogP contribution in [0.15, 0.2) is 12.1 Å². The Morgan fingerprint density at radius 3 is 2.83 bits per heavy atom. The molecule has 3 rings (SSSR count). The van der Waals surface area contributed by atoms with Crippen LogP contribution in [0.4, 0.5) is 0 Å². The number of rotatable bonds is 3. The predicted molar refractivity (Wildman–Crippen MR) is 90.4 cm³/mol. The Morgan fingerprint density at radius 1 is 1.26 bits per heavy atom. The molecule has 0 aliphatic carbocycles. The Kier molecular flexibility index (Phi) is 6.06. The van der Waals surface area contributed by atoms with Gasteiger partial charge >= 0.3 is 0 Å².